The molecule has 0 bridgehead atoms. The third-order valence-corrected chi connectivity index (χ3v) is 2.34. The van der Waals surface area contributed by atoms with Crippen molar-refractivity contribution in [3.63, 3.8) is 0 Å². The highest BCUT2D eigenvalue weighted by Gasteiger charge is 2.11. The molecule has 6 heteroatoms. The van der Waals surface area contributed by atoms with E-state index in [-0.39, 0.29) is 11.6 Å². The fraction of sp³-hybridized carbons (Fsp3) is 0. The first-order chi connectivity index (χ1) is 8.34. The number of carbonyl (C=O) groups is 1. The van der Waals surface area contributed by atoms with Crippen LogP contribution in [0.3, 0.4) is 0 Å². The molecule has 3 aromatic heterocycles. The fourth-order valence-corrected chi connectivity index (χ4v) is 1.58. The molecule has 0 saturated carbocycles. The van der Waals surface area contributed by atoms with E-state index in [1.165, 1.54) is 6.26 Å². The molecule has 3 rings (SSSR count). The van der Waals surface area contributed by atoms with Gasteiger partial charge in [-0.2, -0.15) is 4.99 Å². The predicted molar refractivity (Wildman–Crippen MR) is 59.0 cm³/mol. The van der Waals surface area contributed by atoms with Crippen molar-refractivity contribution in [3.8, 4) is 0 Å². The maximum atomic E-state index is 11.9. The summed E-state index contributed by atoms with van der Waals surface area (Å²) in [4.78, 5) is 25.4. The van der Waals surface area contributed by atoms with Crippen LogP contribution >= 0.6 is 0 Å². The molecule has 0 aliphatic heterocycles. The minimum Gasteiger partial charge on any atom is -0.432 e. The average molecular weight is 228 g/mol. The second-order valence-electron chi connectivity index (χ2n) is 3.39. The quantitative estimate of drug-likeness (QED) is 0.656. The van der Waals surface area contributed by atoms with Crippen LogP contribution < -0.4 is 5.68 Å². The van der Waals surface area contributed by atoms with Crippen molar-refractivity contribution in [1.29, 1.82) is 0 Å². The number of nitrogens with one attached hydrogen (secondary N) is 2. The molecule has 2 N–H and O–H groups in total. The summed E-state index contributed by atoms with van der Waals surface area (Å²) in [7, 11) is 0. The van der Waals surface area contributed by atoms with Gasteiger partial charge in [-0.15, -0.1) is 0 Å². The van der Waals surface area contributed by atoms with Crippen LogP contribution in [0.25, 0.3) is 11.0 Å². The van der Waals surface area contributed by atoms with Crippen molar-refractivity contribution < 1.29 is 9.21 Å². The van der Waals surface area contributed by atoms with Crippen molar-refractivity contribution in [2.75, 3.05) is 0 Å². The molecule has 17 heavy (non-hydrogen) atoms. The van der Waals surface area contributed by atoms with E-state index >= 15 is 0 Å². The van der Waals surface area contributed by atoms with Gasteiger partial charge in [0.05, 0.1) is 5.56 Å². The Morgan fingerprint density at radius 3 is 3.18 bits per heavy atom. The van der Waals surface area contributed by atoms with Gasteiger partial charge in [0.25, 0.3) is 5.91 Å². The molecule has 0 unspecified atom stereocenters. The van der Waals surface area contributed by atoms with Crippen LogP contribution in [0.15, 0.2) is 46.4 Å². The maximum Gasteiger partial charge on any atom is 0.302 e. The lowest BCUT2D eigenvalue weighted by atomic mass is 10.2. The summed E-state index contributed by atoms with van der Waals surface area (Å²) in [5.74, 6) is -0.379. The zero-order chi connectivity index (χ0) is 11.7. The van der Waals surface area contributed by atoms with E-state index in [1.807, 2.05) is 6.07 Å². The van der Waals surface area contributed by atoms with E-state index in [2.05, 4.69) is 19.9 Å². The number of pyridine rings is 1. The van der Waals surface area contributed by atoms with Crippen LogP contribution in [0, 0.1) is 0 Å². The van der Waals surface area contributed by atoms with E-state index in [4.69, 9.17) is 4.42 Å². The number of H-pyrrole nitrogens is 2. The van der Waals surface area contributed by atoms with Crippen LogP contribution in [0.2, 0.25) is 0 Å². The number of carbonyl (C=O) groups excluding carboxylic acids is 1. The largest absolute Gasteiger partial charge is 0.432 e. The summed E-state index contributed by atoms with van der Waals surface area (Å²) in [5.41, 5.74) is 1.31. The summed E-state index contributed by atoms with van der Waals surface area (Å²) in [5, 5.41) is 0.743. The highest BCUT2D eigenvalue weighted by Crippen LogP contribution is 2.15. The Balaban J connectivity index is 2.11. The van der Waals surface area contributed by atoms with Gasteiger partial charge < -0.3 is 14.4 Å². The molecule has 0 saturated heterocycles. The molecule has 0 aromatic carbocycles. The molecule has 0 atom stereocenters. The van der Waals surface area contributed by atoms with Crippen molar-refractivity contribution in [2.45, 2.75) is 0 Å². The minimum atomic E-state index is -0.379. The zero-order valence-corrected chi connectivity index (χ0v) is 8.68. The SMILES string of the molecule is O=C(N=c1[nH]cco1)c1c[nH]c2ncccc12. The van der Waals surface area contributed by atoms with Crippen molar-refractivity contribution >= 4 is 16.9 Å². The van der Waals surface area contributed by atoms with Gasteiger partial charge in [0, 0.05) is 24.0 Å². The number of nitrogens with zero attached hydrogens (tertiary/aromatic N) is 2. The second kappa shape index (κ2) is 3.75. The number of aromatic amines is 2. The normalized spacial score (nSPS) is 12.1. The molecule has 0 aliphatic carbocycles. The first-order valence-corrected chi connectivity index (χ1v) is 4.98. The number of amides is 1. The molecule has 0 aliphatic rings. The molecular weight excluding hydrogens is 220 g/mol. The molecule has 0 radical (unpaired) electrons. The van der Waals surface area contributed by atoms with Gasteiger partial charge in [-0.25, -0.2) is 4.98 Å². The zero-order valence-electron chi connectivity index (χ0n) is 8.68. The standard InChI is InChI=1S/C11H8N4O2/c16-10(15-11-13-4-5-17-11)8-6-14-9-7(8)2-1-3-12-9/h1-6H,(H,12,14)(H,13,15,16). The molecule has 0 fully saturated rings. The minimum absolute atomic E-state index is 0.174. The van der Waals surface area contributed by atoms with Gasteiger partial charge in [-0.3, -0.25) is 4.79 Å². The predicted octanol–water partition coefficient (Wildman–Crippen LogP) is 1.23. The summed E-state index contributed by atoms with van der Waals surface area (Å²) in [6, 6.07) is 3.58. The molecule has 6 nitrogen and oxygen atoms in total. The maximum absolute atomic E-state index is 11.9. The molecule has 0 spiro atoms. The second-order valence-corrected chi connectivity index (χ2v) is 3.39. The summed E-state index contributed by atoms with van der Waals surface area (Å²) < 4.78 is 4.95. The van der Waals surface area contributed by atoms with Gasteiger partial charge in [0.2, 0.25) is 0 Å². The molecule has 3 heterocycles. The Morgan fingerprint density at radius 2 is 2.35 bits per heavy atom. The van der Waals surface area contributed by atoms with Gasteiger partial charge in [-0.05, 0) is 12.1 Å². The third-order valence-electron chi connectivity index (χ3n) is 2.34. The van der Waals surface area contributed by atoms with Crippen molar-refractivity contribution in [3.05, 3.63) is 48.2 Å². The first-order valence-electron chi connectivity index (χ1n) is 4.98. The number of oxazole rings is 1. The van der Waals surface area contributed by atoms with E-state index in [9.17, 15) is 4.79 Å². The monoisotopic (exact) mass is 228 g/mol. The lowest BCUT2D eigenvalue weighted by Gasteiger charge is -1.90. The van der Waals surface area contributed by atoms with E-state index in [0.717, 1.165) is 5.39 Å². The Morgan fingerprint density at radius 1 is 1.41 bits per heavy atom. The number of rotatable bonds is 1. The fourth-order valence-electron chi connectivity index (χ4n) is 1.58. The number of aromatic nitrogens is 3. The lowest BCUT2D eigenvalue weighted by Crippen LogP contribution is -2.06. The van der Waals surface area contributed by atoms with Crippen molar-refractivity contribution in [1.82, 2.24) is 15.0 Å². The molecular formula is C11H8N4O2. The van der Waals surface area contributed by atoms with Crippen LogP contribution in [-0.2, 0) is 0 Å². The third kappa shape index (κ3) is 1.65. The number of fused-ring (bicyclic) bond motifs is 1. The Kier molecular flexibility index (Phi) is 2.11. The van der Waals surface area contributed by atoms with Crippen molar-refractivity contribution in [2.24, 2.45) is 4.99 Å². The van der Waals surface area contributed by atoms with Gasteiger partial charge >= 0.3 is 5.68 Å². The summed E-state index contributed by atoms with van der Waals surface area (Å²) in [6.45, 7) is 0. The number of hydrogen-bond acceptors (Lipinski definition) is 3. The van der Waals surface area contributed by atoms with Gasteiger partial charge in [0.15, 0.2) is 0 Å². The molecule has 3 aromatic rings. The highest BCUT2D eigenvalue weighted by atomic mass is 16.3. The van der Waals surface area contributed by atoms with E-state index in [1.54, 1.807) is 24.7 Å². The highest BCUT2D eigenvalue weighted by molar-refractivity contribution is 6.06. The topological polar surface area (TPSA) is 87.0 Å². The molecule has 84 valence electrons. The Hall–Kier alpha value is -2.63. The van der Waals surface area contributed by atoms with Crippen LogP contribution in [0.1, 0.15) is 10.4 Å². The van der Waals surface area contributed by atoms with E-state index in [0.29, 0.717) is 11.2 Å². The Labute approximate surface area is 95.0 Å². The Bertz CT molecular complexity index is 718. The average Bonchev–Trinajstić information content (AvgIpc) is 2.96. The molecule has 1 amide bonds. The van der Waals surface area contributed by atoms with Crippen LogP contribution in [-0.4, -0.2) is 20.9 Å². The van der Waals surface area contributed by atoms with Gasteiger partial charge in [0.1, 0.15) is 11.9 Å². The van der Waals surface area contributed by atoms with Gasteiger partial charge in [-0.1, -0.05) is 0 Å². The summed E-state index contributed by atoms with van der Waals surface area (Å²) >= 11 is 0. The van der Waals surface area contributed by atoms with Crippen LogP contribution in [0.4, 0.5) is 0 Å². The lowest BCUT2D eigenvalue weighted by molar-refractivity contribution is 0.0995. The smallest absolute Gasteiger partial charge is 0.302 e. The van der Waals surface area contributed by atoms with Crippen LogP contribution in [0.5, 0.6) is 0 Å². The first kappa shape index (κ1) is 9.59. The van der Waals surface area contributed by atoms with E-state index < -0.39 is 0 Å². The summed E-state index contributed by atoms with van der Waals surface area (Å²) in [6.07, 6.45) is 6.22. The number of hydrogen-bond donors (Lipinski definition) is 2.